The van der Waals surface area contributed by atoms with Gasteiger partial charge in [-0.3, -0.25) is 19.4 Å². The smallest absolute Gasteiger partial charge is 0.253 e. The lowest BCUT2D eigenvalue weighted by atomic mass is 10.1. The van der Waals surface area contributed by atoms with Crippen molar-refractivity contribution in [1.82, 2.24) is 15.1 Å². The van der Waals surface area contributed by atoms with Gasteiger partial charge in [-0.05, 0) is 62.2 Å². The van der Waals surface area contributed by atoms with E-state index >= 15 is 0 Å². The van der Waals surface area contributed by atoms with E-state index in [1.54, 1.807) is 12.1 Å². The van der Waals surface area contributed by atoms with Crippen molar-refractivity contribution in [2.75, 3.05) is 38.0 Å². The van der Waals surface area contributed by atoms with Gasteiger partial charge in [0.2, 0.25) is 5.91 Å². The molecule has 7 nitrogen and oxygen atoms in total. The van der Waals surface area contributed by atoms with E-state index in [1.165, 1.54) is 5.56 Å². The molecule has 0 radical (unpaired) electrons. The molecule has 4 rings (SSSR count). The van der Waals surface area contributed by atoms with Gasteiger partial charge < -0.3 is 10.6 Å². The number of hydrogen-bond donors (Lipinski definition) is 2. The summed E-state index contributed by atoms with van der Waals surface area (Å²) in [5.41, 5.74) is 2.96. The van der Waals surface area contributed by atoms with Crippen LogP contribution in [-0.2, 0) is 11.3 Å². The number of nitrogens with one attached hydrogen (secondary N) is 2. The molecule has 1 saturated heterocycles. The van der Waals surface area contributed by atoms with Crippen LogP contribution in [-0.4, -0.2) is 60.4 Å². The van der Waals surface area contributed by atoms with Crippen molar-refractivity contribution in [2.24, 2.45) is 0 Å². The molecule has 0 unspecified atom stereocenters. The molecule has 2 amide bonds. The first kappa shape index (κ1) is 23.9. The van der Waals surface area contributed by atoms with Gasteiger partial charge in [0.1, 0.15) is 0 Å². The Kier molecular flexibility index (Phi) is 8.29. The highest BCUT2D eigenvalue weighted by molar-refractivity contribution is 6.04. The van der Waals surface area contributed by atoms with Crippen LogP contribution in [0.1, 0.15) is 53.6 Å². The number of benzene rings is 2. The van der Waals surface area contributed by atoms with Crippen LogP contribution < -0.4 is 10.6 Å². The first-order chi connectivity index (χ1) is 16.6. The van der Waals surface area contributed by atoms with Gasteiger partial charge in [0.05, 0.1) is 29.4 Å². The van der Waals surface area contributed by atoms with E-state index in [0.29, 0.717) is 23.4 Å². The van der Waals surface area contributed by atoms with E-state index in [1.807, 2.05) is 36.4 Å². The highest BCUT2D eigenvalue weighted by atomic mass is 16.2. The Morgan fingerprint density at radius 3 is 2.38 bits per heavy atom. The molecule has 2 aromatic carbocycles. The Morgan fingerprint density at radius 1 is 0.912 bits per heavy atom. The van der Waals surface area contributed by atoms with Crippen molar-refractivity contribution in [1.29, 1.82) is 5.26 Å². The van der Waals surface area contributed by atoms with Crippen LogP contribution in [0, 0.1) is 11.3 Å². The third-order valence-electron chi connectivity index (χ3n) is 6.67. The monoisotopic (exact) mass is 459 g/mol. The Morgan fingerprint density at radius 2 is 1.62 bits per heavy atom. The average molecular weight is 460 g/mol. The second kappa shape index (κ2) is 11.8. The van der Waals surface area contributed by atoms with E-state index in [-0.39, 0.29) is 17.9 Å². The quantitative estimate of drug-likeness (QED) is 0.663. The molecule has 0 spiro atoms. The highest BCUT2D eigenvalue weighted by Gasteiger charge is 2.21. The maximum Gasteiger partial charge on any atom is 0.253 e. The van der Waals surface area contributed by atoms with Crippen molar-refractivity contribution in [3.05, 3.63) is 65.2 Å². The molecule has 2 N–H and O–H groups in total. The van der Waals surface area contributed by atoms with Crippen molar-refractivity contribution >= 4 is 17.5 Å². The van der Waals surface area contributed by atoms with Gasteiger partial charge in [-0.15, -0.1) is 0 Å². The molecular formula is C27H33N5O2. The van der Waals surface area contributed by atoms with Crippen molar-refractivity contribution in [2.45, 2.75) is 44.7 Å². The fraction of sp³-hybridized carbons (Fsp3) is 0.444. The number of hydrogen-bond acceptors (Lipinski definition) is 5. The third-order valence-corrected chi connectivity index (χ3v) is 6.67. The Hall–Kier alpha value is -3.21. The standard InChI is InChI=1S/C27H33N5O2/c28-18-21-10-12-22(13-11-21)19-31-14-5-15-32(17-16-31)20-26(33)30-25-9-4-3-8-24(25)27(34)29-23-6-1-2-7-23/h3-4,8-13,23H,1-2,5-7,14-17,19-20H2,(H,29,34)(H,30,33). The molecule has 0 aromatic heterocycles. The molecule has 7 heteroatoms. The SMILES string of the molecule is N#Cc1ccc(CN2CCCN(CC(=O)Nc3ccccc3C(=O)NC3CCCC3)CC2)cc1. The van der Waals surface area contributed by atoms with Crippen LogP contribution in [0.3, 0.4) is 0 Å². The lowest BCUT2D eigenvalue weighted by Gasteiger charge is -2.22. The molecule has 1 heterocycles. The molecule has 2 aliphatic rings. The van der Waals surface area contributed by atoms with Gasteiger partial charge in [-0.1, -0.05) is 37.1 Å². The normalized spacial score (nSPS) is 17.6. The molecule has 1 saturated carbocycles. The second-order valence-corrected chi connectivity index (χ2v) is 9.26. The van der Waals surface area contributed by atoms with Gasteiger partial charge in [-0.2, -0.15) is 5.26 Å². The van der Waals surface area contributed by atoms with Crippen LogP contribution >= 0.6 is 0 Å². The number of nitrogens with zero attached hydrogens (tertiary/aromatic N) is 3. The molecule has 34 heavy (non-hydrogen) atoms. The van der Waals surface area contributed by atoms with E-state index in [2.05, 4.69) is 26.5 Å². The molecule has 1 aliphatic carbocycles. The van der Waals surface area contributed by atoms with Crippen LogP contribution in [0.25, 0.3) is 0 Å². The zero-order valence-electron chi connectivity index (χ0n) is 19.6. The molecule has 1 aliphatic heterocycles. The minimum absolute atomic E-state index is 0.0957. The lowest BCUT2D eigenvalue weighted by Crippen LogP contribution is -2.37. The molecule has 0 atom stereocenters. The zero-order valence-corrected chi connectivity index (χ0v) is 19.6. The first-order valence-electron chi connectivity index (χ1n) is 12.2. The Labute approximate surface area is 201 Å². The van der Waals surface area contributed by atoms with E-state index < -0.39 is 0 Å². The maximum absolute atomic E-state index is 12.8. The minimum atomic E-state index is -0.115. The fourth-order valence-corrected chi connectivity index (χ4v) is 4.80. The number of nitriles is 1. The van der Waals surface area contributed by atoms with Crippen molar-refractivity contribution in [3.63, 3.8) is 0 Å². The molecule has 2 aromatic rings. The van der Waals surface area contributed by atoms with E-state index in [9.17, 15) is 9.59 Å². The number of para-hydroxylation sites is 1. The predicted octanol–water partition coefficient (Wildman–Crippen LogP) is 3.38. The number of rotatable bonds is 7. The fourth-order valence-electron chi connectivity index (χ4n) is 4.80. The second-order valence-electron chi connectivity index (χ2n) is 9.26. The van der Waals surface area contributed by atoms with Crippen LogP contribution in [0.15, 0.2) is 48.5 Å². The summed E-state index contributed by atoms with van der Waals surface area (Å²) in [7, 11) is 0. The molecular weight excluding hydrogens is 426 g/mol. The number of anilines is 1. The summed E-state index contributed by atoms with van der Waals surface area (Å²) in [5.74, 6) is -0.210. The predicted molar refractivity (Wildman–Crippen MR) is 132 cm³/mol. The highest BCUT2D eigenvalue weighted by Crippen LogP contribution is 2.20. The number of carbonyl (C=O) groups is 2. The lowest BCUT2D eigenvalue weighted by molar-refractivity contribution is -0.117. The summed E-state index contributed by atoms with van der Waals surface area (Å²) in [6.45, 7) is 4.68. The van der Waals surface area contributed by atoms with Crippen LogP contribution in [0.2, 0.25) is 0 Å². The topological polar surface area (TPSA) is 88.5 Å². The van der Waals surface area contributed by atoms with E-state index in [0.717, 1.165) is 64.8 Å². The minimum Gasteiger partial charge on any atom is -0.349 e. The average Bonchev–Trinajstić information content (AvgIpc) is 3.26. The van der Waals surface area contributed by atoms with Gasteiger partial charge >= 0.3 is 0 Å². The van der Waals surface area contributed by atoms with Crippen LogP contribution in [0.4, 0.5) is 5.69 Å². The molecule has 178 valence electrons. The zero-order chi connectivity index (χ0) is 23.8. The summed E-state index contributed by atoms with van der Waals surface area (Å²) in [6, 6.07) is 17.4. The Bertz CT molecular complexity index is 1020. The summed E-state index contributed by atoms with van der Waals surface area (Å²) >= 11 is 0. The summed E-state index contributed by atoms with van der Waals surface area (Å²) in [4.78, 5) is 30.2. The summed E-state index contributed by atoms with van der Waals surface area (Å²) < 4.78 is 0. The number of carbonyl (C=O) groups excluding carboxylic acids is 2. The molecule has 0 bridgehead atoms. The Balaban J connectivity index is 1.28. The summed E-state index contributed by atoms with van der Waals surface area (Å²) in [6.07, 6.45) is 5.35. The molecule has 2 fully saturated rings. The summed E-state index contributed by atoms with van der Waals surface area (Å²) in [5, 5.41) is 15.0. The third kappa shape index (κ3) is 6.66. The van der Waals surface area contributed by atoms with Gasteiger partial charge in [-0.25, -0.2) is 0 Å². The number of amides is 2. The first-order valence-corrected chi connectivity index (χ1v) is 12.2. The van der Waals surface area contributed by atoms with Crippen molar-refractivity contribution < 1.29 is 9.59 Å². The van der Waals surface area contributed by atoms with Crippen LogP contribution in [0.5, 0.6) is 0 Å². The van der Waals surface area contributed by atoms with Gasteiger partial charge in [0, 0.05) is 25.7 Å². The van der Waals surface area contributed by atoms with Gasteiger partial charge in [0.25, 0.3) is 5.91 Å². The van der Waals surface area contributed by atoms with Gasteiger partial charge in [0.15, 0.2) is 0 Å². The van der Waals surface area contributed by atoms with E-state index in [4.69, 9.17) is 5.26 Å². The van der Waals surface area contributed by atoms with Crippen molar-refractivity contribution in [3.8, 4) is 6.07 Å². The maximum atomic E-state index is 12.8. The largest absolute Gasteiger partial charge is 0.349 e.